The Bertz CT molecular complexity index is 2950. The number of rotatable bonds is 8. The summed E-state index contributed by atoms with van der Waals surface area (Å²) in [6.07, 6.45) is 23.6. The second-order valence-corrected chi connectivity index (χ2v) is 15.5. The summed E-state index contributed by atoms with van der Waals surface area (Å²) in [5.41, 5.74) is 15.4. The van der Waals surface area contributed by atoms with Crippen LogP contribution in [0.15, 0.2) is 176 Å². The van der Waals surface area contributed by atoms with Gasteiger partial charge < -0.3 is 11.1 Å². The van der Waals surface area contributed by atoms with Crippen molar-refractivity contribution in [3.8, 4) is 21.9 Å². The van der Waals surface area contributed by atoms with Gasteiger partial charge in [0.1, 0.15) is 22.7 Å². The lowest BCUT2D eigenvalue weighted by Crippen LogP contribution is -2.12. The largest absolute Gasteiger partial charge is 0.349 e. The molecule has 1 aliphatic rings. The lowest BCUT2D eigenvalue weighted by atomic mass is 10.1. The molecule has 0 saturated carbocycles. The third-order valence-electron chi connectivity index (χ3n) is 8.80. The molecule has 0 amide bonds. The first kappa shape index (κ1) is 39.6. The summed E-state index contributed by atoms with van der Waals surface area (Å²) >= 11 is 13.4. The summed E-state index contributed by atoms with van der Waals surface area (Å²) in [6, 6.07) is 31.6. The molecule has 0 unspecified atom stereocenters. The molecule has 3 N–H and O–H groups in total. The molecule has 0 atom stereocenters. The predicted molar refractivity (Wildman–Crippen MR) is 250 cm³/mol. The van der Waals surface area contributed by atoms with E-state index in [2.05, 4.69) is 77.1 Å². The smallest absolute Gasteiger partial charge is 0.154 e. The van der Waals surface area contributed by atoms with Crippen LogP contribution in [0.3, 0.4) is 0 Å². The number of fused-ring (bicyclic) bond motifs is 2. The molecule has 1 aliphatic carbocycles. The molecular weight excluding hydrogens is 823 g/mol. The number of aliphatic imine (C=N–C) groups is 1. The molecule has 11 nitrogen and oxygen atoms in total. The number of nitrogens with zero attached hydrogens (tertiary/aromatic N) is 9. The molecule has 0 spiro atoms. The maximum Gasteiger partial charge on any atom is 0.154 e. The molecule has 0 aliphatic heterocycles. The molecular formula is C45H32N11S4+. The van der Waals surface area contributed by atoms with E-state index in [0.717, 1.165) is 74.9 Å². The van der Waals surface area contributed by atoms with Crippen molar-refractivity contribution in [3.05, 3.63) is 187 Å². The first-order chi connectivity index (χ1) is 29.5. The molecule has 9 aromatic rings. The van der Waals surface area contributed by atoms with Crippen LogP contribution in [0.1, 0.15) is 10.6 Å². The molecule has 0 fully saturated rings. The molecule has 0 bridgehead atoms. The van der Waals surface area contributed by atoms with Crippen molar-refractivity contribution < 1.29 is 0 Å². The molecule has 290 valence electrons. The highest BCUT2D eigenvalue weighted by Gasteiger charge is 2.17. The number of nitrogens with two attached hydrogens (primary N) is 1. The normalized spacial score (nSPS) is 11.5. The number of aromatic nitrogens is 8. The van der Waals surface area contributed by atoms with Gasteiger partial charge in [0.2, 0.25) is 0 Å². The molecule has 0 radical (unpaired) electrons. The van der Waals surface area contributed by atoms with Gasteiger partial charge in [-0.25, -0.2) is 19.3 Å². The zero-order valence-corrected chi connectivity index (χ0v) is 34.8. The van der Waals surface area contributed by atoms with Crippen LogP contribution in [-0.2, 0) is 6.42 Å². The maximum atomic E-state index is 5.89. The number of anilines is 1. The van der Waals surface area contributed by atoms with Crippen LogP contribution in [0.25, 0.3) is 48.0 Å². The van der Waals surface area contributed by atoms with Gasteiger partial charge in [0.15, 0.2) is 10.7 Å². The van der Waals surface area contributed by atoms with Crippen LogP contribution in [0.2, 0.25) is 0 Å². The fraction of sp³-hybridized carbons (Fsp3) is 0.0222. The van der Waals surface area contributed by atoms with Gasteiger partial charge in [-0.3, -0.25) is 9.97 Å². The fourth-order valence-electron chi connectivity index (χ4n) is 5.93. The summed E-state index contributed by atoms with van der Waals surface area (Å²) in [4.78, 5) is 22.2. The molecule has 0 saturated heterocycles. The highest BCUT2D eigenvalue weighted by molar-refractivity contribution is 7.80. The number of thiazole rings is 2. The minimum absolute atomic E-state index is 0.660. The summed E-state index contributed by atoms with van der Waals surface area (Å²) in [5.74, 6) is 0. The van der Waals surface area contributed by atoms with E-state index in [1.807, 2.05) is 120 Å². The molecule has 15 heteroatoms. The number of isothiocyanates is 1. The standard InChI is InChI=1S/C23H17N5S2.C12H8N3S.C10H7N3S/c29-22(14-16-6-8-17(9-7-16)28-13-3-11-25-28)26-19-5-2-1-4-18(19)23-27-20-10-12-24-15-21(20)30-23;13-9-4-2-1-3-8(9)12-15-10-5-6-14-7-11(10)16-12;14-8-11-9-2-4-10(5-3-9)13-7-1-6-12-13/h1-13,15H,14H2,(H,26,29);1,3-7H,13H2;1-7H/q;+1;. The van der Waals surface area contributed by atoms with Gasteiger partial charge in [0, 0.05) is 73.3 Å². The number of nitrogens with one attached hydrogen (secondary N) is 1. The minimum atomic E-state index is 0.660. The van der Waals surface area contributed by atoms with Crippen LogP contribution in [0.4, 0.5) is 11.4 Å². The summed E-state index contributed by atoms with van der Waals surface area (Å²) in [7, 11) is 0. The van der Waals surface area contributed by atoms with Crippen molar-refractivity contribution in [1.29, 1.82) is 0 Å². The van der Waals surface area contributed by atoms with E-state index < -0.39 is 0 Å². The fourth-order valence-corrected chi connectivity index (χ4v) is 8.26. The van der Waals surface area contributed by atoms with Crippen LogP contribution >= 0.6 is 47.1 Å². The lowest BCUT2D eigenvalue weighted by Gasteiger charge is -2.12. The van der Waals surface area contributed by atoms with E-state index in [0.29, 0.717) is 12.1 Å². The van der Waals surface area contributed by atoms with Gasteiger partial charge in [0.05, 0.1) is 53.7 Å². The quantitative estimate of drug-likeness (QED) is 0.0863. The first-order valence-corrected chi connectivity index (χ1v) is 20.8. The Balaban J connectivity index is 0.000000139. The Labute approximate surface area is 363 Å². The molecule has 6 aromatic heterocycles. The Hall–Kier alpha value is -7.22. The number of hydrogen-bond acceptors (Lipinski definition) is 12. The Morgan fingerprint density at radius 1 is 0.750 bits per heavy atom. The number of benzene rings is 3. The molecule has 60 heavy (non-hydrogen) atoms. The van der Waals surface area contributed by atoms with Gasteiger partial charge >= 0.3 is 0 Å². The number of thiocarbonyl (C=S) groups is 2. The zero-order valence-electron chi connectivity index (χ0n) is 31.5. The second-order valence-electron chi connectivity index (χ2n) is 12.8. The average molecular weight is 855 g/mol. The van der Waals surface area contributed by atoms with Gasteiger partial charge in [0.25, 0.3) is 0 Å². The monoisotopic (exact) mass is 854 g/mol. The van der Waals surface area contributed by atoms with Crippen molar-refractivity contribution in [2.24, 2.45) is 10.7 Å². The van der Waals surface area contributed by atoms with Crippen LogP contribution < -0.4 is 11.1 Å². The van der Waals surface area contributed by atoms with Gasteiger partial charge in [-0.15, -0.1) is 22.7 Å². The van der Waals surface area contributed by atoms with Crippen molar-refractivity contribution in [2.45, 2.75) is 6.42 Å². The first-order valence-electron chi connectivity index (χ1n) is 18.3. The molecule has 10 rings (SSSR count). The van der Waals surface area contributed by atoms with Crippen molar-refractivity contribution >= 4 is 94.6 Å². The predicted octanol–water partition coefficient (Wildman–Crippen LogP) is 10.4. The maximum absolute atomic E-state index is 5.89. The van der Waals surface area contributed by atoms with Gasteiger partial charge in [-0.05, 0) is 90.6 Å². The van der Waals surface area contributed by atoms with Crippen molar-refractivity contribution in [3.63, 3.8) is 0 Å². The Morgan fingerprint density at radius 2 is 1.37 bits per heavy atom. The van der Waals surface area contributed by atoms with E-state index in [1.54, 1.807) is 58.2 Å². The van der Waals surface area contributed by atoms with E-state index >= 15 is 0 Å². The summed E-state index contributed by atoms with van der Waals surface area (Å²) < 4.78 is 5.77. The SMILES string of the molecule is NC1=C(c2nc3ccncc3s2)C=C[C+]=C1.S=C(Cc1ccc(-n2cccn2)cc1)Nc1ccccc1-c1nc2ccncc2s1.S=C=Nc1ccc(-n2cccn2)cc1. The number of para-hydroxylation sites is 1. The van der Waals surface area contributed by atoms with Crippen LogP contribution in [0, 0.1) is 6.08 Å². The van der Waals surface area contributed by atoms with E-state index in [9.17, 15) is 0 Å². The number of allylic oxidation sites excluding steroid dienone is 5. The van der Waals surface area contributed by atoms with E-state index in [-0.39, 0.29) is 0 Å². The van der Waals surface area contributed by atoms with Gasteiger partial charge in [-0.1, -0.05) is 36.5 Å². The highest BCUT2D eigenvalue weighted by atomic mass is 32.1. The van der Waals surface area contributed by atoms with E-state index in [4.69, 9.17) is 22.9 Å². The second kappa shape index (κ2) is 19.0. The Morgan fingerprint density at radius 3 is 1.97 bits per heavy atom. The topological polar surface area (TPSA) is 138 Å². The third-order valence-corrected chi connectivity index (χ3v) is 11.2. The zero-order chi connectivity index (χ0) is 41.1. The van der Waals surface area contributed by atoms with Crippen molar-refractivity contribution in [2.75, 3.05) is 5.32 Å². The molecule has 6 heterocycles. The number of pyridine rings is 2. The summed E-state index contributed by atoms with van der Waals surface area (Å²) in [6.45, 7) is 0. The van der Waals surface area contributed by atoms with E-state index in [1.165, 1.54) is 0 Å². The summed E-state index contributed by atoms with van der Waals surface area (Å²) in [5, 5.41) is 16.0. The highest BCUT2D eigenvalue weighted by Crippen LogP contribution is 2.34. The van der Waals surface area contributed by atoms with Crippen LogP contribution in [0.5, 0.6) is 0 Å². The molecule has 3 aromatic carbocycles. The Kier molecular flexibility index (Phi) is 12.6. The van der Waals surface area contributed by atoms with Gasteiger partial charge in [-0.2, -0.15) is 15.2 Å². The van der Waals surface area contributed by atoms with Crippen molar-refractivity contribution in [1.82, 2.24) is 39.5 Å². The lowest BCUT2D eigenvalue weighted by molar-refractivity contribution is 0.880. The van der Waals surface area contributed by atoms with Crippen LogP contribution in [-0.4, -0.2) is 49.6 Å². The average Bonchev–Trinajstić information content (AvgIpc) is 4.13. The number of hydrogen-bond donors (Lipinski definition) is 2. The minimum Gasteiger partial charge on any atom is -0.349 e. The third kappa shape index (κ3) is 9.72.